The Balaban J connectivity index is 0.000000233. The van der Waals surface area contributed by atoms with Crippen molar-refractivity contribution in [3.63, 3.8) is 0 Å². The van der Waals surface area contributed by atoms with Gasteiger partial charge in [0.2, 0.25) is 23.6 Å². The molecule has 0 fully saturated rings. The number of nitrogens with one attached hydrogen (secondary N) is 2. The Kier molecular flexibility index (Phi) is 19.3. The van der Waals surface area contributed by atoms with Gasteiger partial charge >= 0.3 is 0 Å². The molecule has 21 heteroatoms. The largest absolute Gasteiger partial charge is 0.491 e. The number of ether oxygens (including phenoxy) is 3. The average molecular weight is 937 g/mol. The Morgan fingerprint density at radius 1 is 0.647 bits per heavy atom. The van der Waals surface area contributed by atoms with Gasteiger partial charge < -0.3 is 50.0 Å². The molecule has 0 aromatic carbocycles. The van der Waals surface area contributed by atoms with Gasteiger partial charge in [0.25, 0.3) is 0 Å². The van der Waals surface area contributed by atoms with Crippen molar-refractivity contribution in [2.75, 3.05) is 88.3 Å². The molecule has 2 aliphatic rings. The van der Waals surface area contributed by atoms with E-state index in [1.807, 2.05) is 11.9 Å². The van der Waals surface area contributed by atoms with Gasteiger partial charge in [0.05, 0.1) is 70.9 Å². The minimum atomic E-state index is -0.397. The molecule has 6 aromatic heterocycles. The maximum Gasteiger partial charge on any atom is 0.243 e. The normalized spacial score (nSPS) is 11.8. The van der Waals surface area contributed by atoms with Gasteiger partial charge in [-0.15, -0.1) is 0 Å². The summed E-state index contributed by atoms with van der Waals surface area (Å²) in [6.07, 6.45) is 11.4. The summed E-state index contributed by atoms with van der Waals surface area (Å²) in [7, 11) is 6.71. The highest BCUT2D eigenvalue weighted by atomic mass is 19.1. The van der Waals surface area contributed by atoms with Crippen LogP contribution in [0.4, 0.5) is 27.4 Å². The molecule has 0 bridgehead atoms. The van der Waals surface area contributed by atoms with Gasteiger partial charge in [-0.2, -0.15) is 0 Å². The van der Waals surface area contributed by atoms with Crippen molar-refractivity contribution >= 4 is 34.8 Å². The second kappa shape index (κ2) is 25.4. The van der Waals surface area contributed by atoms with Crippen LogP contribution in [0.5, 0.6) is 17.5 Å². The summed E-state index contributed by atoms with van der Waals surface area (Å²) < 4.78 is 29.2. The number of aliphatic hydroxyl groups excluding tert-OH is 3. The molecule has 68 heavy (non-hydrogen) atoms. The Morgan fingerprint density at radius 2 is 1.13 bits per heavy atom. The molecular weight excluding hydrogens is 880 g/mol. The molecule has 6 aromatic rings. The third kappa shape index (κ3) is 14.0. The molecule has 6 heterocycles. The molecule has 0 saturated heterocycles. The summed E-state index contributed by atoms with van der Waals surface area (Å²) >= 11 is 0. The van der Waals surface area contributed by atoms with Crippen molar-refractivity contribution < 1.29 is 43.5 Å². The van der Waals surface area contributed by atoms with Gasteiger partial charge in [0.1, 0.15) is 41.2 Å². The number of hydrogen-bond donors (Lipinski definition) is 5. The SMILES string of the molecule is C.COc1ccc(NC(=O)CN(C)c2nc(-c3cc(F)ccn3)nc3c2CCC3)cn1.COc1ccc(NC(=O)CN(C)c2nc(-c3cc(OCCO)ccn3)nc3c2CCC3)cn1.OCCO. The summed E-state index contributed by atoms with van der Waals surface area (Å²) in [5.74, 6) is 2.97. The predicted molar refractivity (Wildman–Crippen MR) is 253 cm³/mol. The van der Waals surface area contributed by atoms with E-state index >= 15 is 0 Å². The molecule has 5 N–H and O–H groups in total. The van der Waals surface area contributed by atoms with Gasteiger partial charge in [-0.05, 0) is 62.8 Å². The molecule has 0 unspecified atom stereocenters. The van der Waals surface area contributed by atoms with Gasteiger partial charge in [-0.1, -0.05) is 7.43 Å². The summed E-state index contributed by atoms with van der Waals surface area (Å²) in [6, 6.07) is 12.9. The molecule has 20 nitrogen and oxygen atoms in total. The number of amides is 2. The molecule has 0 spiro atoms. The number of aliphatic hydroxyl groups is 3. The Morgan fingerprint density at radius 3 is 1.56 bits per heavy atom. The first-order valence-electron chi connectivity index (χ1n) is 21.4. The minimum Gasteiger partial charge on any atom is -0.491 e. The van der Waals surface area contributed by atoms with E-state index < -0.39 is 5.82 Å². The van der Waals surface area contributed by atoms with Crippen LogP contribution in [0.2, 0.25) is 0 Å². The average Bonchev–Trinajstić information content (AvgIpc) is 4.04. The van der Waals surface area contributed by atoms with Crippen LogP contribution < -0.4 is 34.6 Å². The molecule has 0 aliphatic heterocycles. The van der Waals surface area contributed by atoms with Crippen LogP contribution in [-0.2, 0) is 35.3 Å². The summed E-state index contributed by atoms with van der Waals surface area (Å²) in [5.41, 5.74) is 6.09. The van der Waals surface area contributed by atoms with Crippen molar-refractivity contribution in [3.8, 4) is 40.5 Å². The van der Waals surface area contributed by atoms with Gasteiger partial charge in [0.15, 0.2) is 11.6 Å². The van der Waals surface area contributed by atoms with Crippen LogP contribution in [0, 0.1) is 5.82 Å². The fourth-order valence-corrected chi connectivity index (χ4v) is 7.13. The number of halogens is 1. The van der Waals surface area contributed by atoms with Gasteiger partial charge in [-0.25, -0.2) is 34.3 Å². The number of aromatic nitrogens is 8. The highest BCUT2D eigenvalue weighted by molar-refractivity contribution is 5.94. The van der Waals surface area contributed by atoms with Gasteiger partial charge in [0, 0.05) is 73.3 Å². The quantitative estimate of drug-likeness (QED) is 0.0914. The highest BCUT2D eigenvalue weighted by Crippen LogP contribution is 2.32. The lowest BCUT2D eigenvalue weighted by atomic mass is 10.2. The molecule has 0 radical (unpaired) electrons. The number of fused-ring (bicyclic) bond motifs is 2. The number of aryl methyl sites for hydroxylation is 2. The Hall–Kier alpha value is -7.49. The maximum absolute atomic E-state index is 13.6. The number of carbonyl (C=O) groups excluding carboxylic acids is 2. The number of likely N-dealkylation sites (N-methyl/N-ethyl adjacent to an activating group) is 2. The standard InChI is InChI=1S/C23H26N6O4.C21H21FN6O2.C2H6O2.CH4/c1-29(14-20(31)26-15-6-7-21(32-2)25-13-15)23-17-4-3-5-18(17)27-22(28-23)19-12-16(8-9-24-19)33-11-10-30;1-28(12-18(29)25-14-6-7-19(30-2)24-11-14)21-15-4-3-5-16(15)26-20(27-21)17-10-13(22)8-9-23-17;3-1-2-4;/h6-9,12-13,30H,3-5,10-11,14H2,1-2H3,(H,26,31);6-11H,3-5,12H2,1-2H3,(H,25,29);3-4H,1-2H2;1H4. The van der Waals surface area contributed by atoms with E-state index in [1.54, 1.807) is 60.7 Å². The first kappa shape index (κ1) is 51.5. The van der Waals surface area contributed by atoms with E-state index in [1.165, 1.54) is 38.7 Å². The summed E-state index contributed by atoms with van der Waals surface area (Å²) in [6.45, 7) is 0.0748. The number of nitrogens with zero attached hydrogens (tertiary/aromatic N) is 10. The Labute approximate surface area is 393 Å². The summed E-state index contributed by atoms with van der Waals surface area (Å²) in [5, 5.41) is 29.9. The highest BCUT2D eigenvalue weighted by Gasteiger charge is 2.25. The monoisotopic (exact) mass is 936 g/mol. The molecule has 2 amide bonds. The second-order valence-electron chi connectivity index (χ2n) is 15.0. The fraction of sp³-hybridized carbons (Fsp3) is 0.362. The maximum atomic E-state index is 13.6. The topological polar surface area (TPSA) is 256 Å². The molecule has 0 saturated carbocycles. The van der Waals surface area contributed by atoms with E-state index in [0.717, 1.165) is 66.9 Å². The van der Waals surface area contributed by atoms with E-state index in [9.17, 15) is 14.0 Å². The van der Waals surface area contributed by atoms with E-state index in [2.05, 4.69) is 40.5 Å². The van der Waals surface area contributed by atoms with Crippen molar-refractivity contribution in [2.45, 2.75) is 46.0 Å². The zero-order valence-electron chi connectivity index (χ0n) is 37.6. The van der Waals surface area contributed by atoms with Crippen LogP contribution in [0.25, 0.3) is 23.0 Å². The van der Waals surface area contributed by atoms with Crippen LogP contribution in [-0.4, -0.2) is 135 Å². The van der Waals surface area contributed by atoms with Crippen LogP contribution in [0.1, 0.15) is 42.8 Å². The van der Waals surface area contributed by atoms with Crippen molar-refractivity contribution in [2.24, 2.45) is 0 Å². The van der Waals surface area contributed by atoms with Crippen LogP contribution >= 0.6 is 0 Å². The predicted octanol–water partition coefficient (Wildman–Crippen LogP) is 4.13. The number of carbonyl (C=O) groups is 2. The molecule has 360 valence electrons. The zero-order valence-corrected chi connectivity index (χ0v) is 37.6. The molecule has 2 aliphatic carbocycles. The Bertz CT molecular complexity index is 2590. The number of anilines is 4. The van der Waals surface area contributed by atoms with Crippen molar-refractivity contribution in [1.82, 2.24) is 39.9 Å². The molecule has 0 atom stereocenters. The van der Waals surface area contributed by atoms with Gasteiger partial charge in [-0.3, -0.25) is 19.6 Å². The summed E-state index contributed by atoms with van der Waals surface area (Å²) in [4.78, 5) is 64.2. The van der Waals surface area contributed by atoms with E-state index in [0.29, 0.717) is 57.7 Å². The zero-order chi connectivity index (χ0) is 47.7. The lowest BCUT2D eigenvalue weighted by molar-refractivity contribution is -0.115. The number of hydrogen-bond acceptors (Lipinski definition) is 18. The van der Waals surface area contributed by atoms with Crippen molar-refractivity contribution in [3.05, 3.63) is 102 Å². The number of pyridine rings is 4. The van der Waals surface area contributed by atoms with Crippen molar-refractivity contribution in [1.29, 1.82) is 0 Å². The van der Waals surface area contributed by atoms with E-state index in [4.69, 9.17) is 39.5 Å². The van der Waals surface area contributed by atoms with Crippen LogP contribution in [0.3, 0.4) is 0 Å². The molecule has 8 rings (SSSR count). The third-order valence-corrected chi connectivity index (χ3v) is 10.1. The minimum absolute atomic E-state index is 0. The lowest BCUT2D eigenvalue weighted by Crippen LogP contribution is -2.31. The fourth-order valence-electron chi connectivity index (χ4n) is 7.13. The lowest BCUT2D eigenvalue weighted by Gasteiger charge is -2.21. The van der Waals surface area contributed by atoms with E-state index in [-0.39, 0.29) is 58.8 Å². The number of methoxy groups -OCH3 is 2. The van der Waals surface area contributed by atoms with Crippen LogP contribution in [0.15, 0.2) is 73.3 Å². The first-order chi connectivity index (χ1) is 32.5. The molecular formula is C47H57FN12O8. The first-order valence-corrected chi connectivity index (χ1v) is 21.4. The number of rotatable bonds is 16. The second-order valence-corrected chi connectivity index (χ2v) is 15.0. The smallest absolute Gasteiger partial charge is 0.243 e. The third-order valence-electron chi connectivity index (χ3n) is 10.1.